The lowest BCUT2D eigenvalue weighted by atomic mass is 9.52. The molecule has 0 heterocycles. The zero-order valence-electron chi connectivity index (χ0n) is 15.2. The fraction of sp³-hybridized carbons (Fsp3) is 0.619. The lowest BCUT2D eigenvalue weighted by Gasteiger charge is -2.55. The smallest absolute Gasteiger partial charge is 0.168 e. The van der Waals surface area contributed by atoms with Crippen LogP contribution in [0, 0.1) is 23.1 Å². The summed E-state index contributed by atoms with van der Waals surface area (Å²) in [7, 11) is 1.72. The van der Waals surface area contributed by atoms with Crippen molar-refractivity contribution in [1.29, 1.82) is 0 Å². The van der Waals surface area contributed by atoms with Crippen LogP contribution in [0.15, 0.2) is 22.3 Å². The molecule has 0 bridgehead atoms. The van der Waals surface area contributed by atoms with Crippen LogP contribution in [0.2, 0.25) is 0 Å². The molecule has 26 heavy (non-hydrogen) atoms. The fourth-order valence-corrected chi connectivity index (χ4v) is 6.90. The van der Waals surface area contributed by atoms with Crippen LogP contribution >= 0.6 is 22.6 Å². The highest BCUT2D eigenvalue weighted by atomic mass is 127. The van der Waals surface area contributed by atoms with Gasteiger partial charge in [0.15, 0.2) is 11.6 Å². The van der Waals surface area contributed by atoms with Crippen molar-refractivity contribution in [2.24, 2.45) is 17.3 Å². The van der Waals surface area contributed by atoms with Crippen LogP contribution in [0.1, 0.15) is 49.7 Å². The van der Waals surface area contributed by atoms with Gasteiger partial charge < -0.3 is 14.9 Å². The molecule has 1 aromatic carbocycles. The first-order valence-corrected chi connectivity index (χ1v) is 10.6. The molecular weight excluding hydrogens is 446 g/mol. The number of fused-ring (bicyclic) bond motifs is 5. The van der Waals surface area contributed by atoms with Gasteiger partial charge in [0, 0.05) is 18.4 Å². The largest absolute Gasteiger partial charge is 0.505 e. The van der Waals surface area contributed by atoms with Crippen molar-refractivity contribution in [3.05, 3.63) is 39.2 Å². The van der Waals surface area contributed by atoms with Crippen LogP contribution in [0.3, 0.4) is 0 Å². The van der Waals surface area contributed by atoms with Gasteiger partial charge in [-0.1, -0.05) is 35.6 Å². The third-order valence-electron chi connectivity index (χ3n) is 7.64. The Morgan fingerprint density at radius 1 is 1.35 bits per heavy atom. The van der Waals surface area contributed by atoms with Gasteiger partial charge in [-0.25, -0.2) is 4.39 Å². The first-order chi connectivity index (χ1) is 12.4. The van der Waals surface area contributed by atoms with E-state index in [2.05, 4.69) is 29.5 Å². The molecule has 2 N–H and O–H groups in total. The van der Waals surface area contributed by atoms with Gasteiger partial charge in [-0.3, -0.25) is 0 Å². The molecule has 0 spiro atoms. The van der Waals surface area contributed by atoms with E-state index in [9.17, 15) is 14.6 Å². The van der Waals surface area contributed by atoms with E-state index < -0.39 is 11.4 Å². The van der Waals surface area contributed by atoms with E-state index in [1.54, 1.807) is 7.11 Å². The van der Waals surface area contributed by atoms with Gasteiger partial charge in [0.25, 0.3) is 0 Å². The number of aromatic hydroxyl groups is 1. The fourth-order valence-electron chi connectivity index (χ4n) is 6.31. The second-order valence-electron chi connectivity index (χ2n) is 8.45. The van der Waals surface area contributed by atoms with Crippen LogP contribution in [0.25, 0.3) is 0 Å². The number of halogens is 2. The Balaban J connectivity index is 1.80. The molecule has 2 fully saturated rings. The normalized spacial score (nSPS) is 41.7. The Bertz CT molecular complexity index is 751. The van der Waals surface area contributed by atoms with Gasteiger partial charge in [-0.2, -0.15) is 0 Å². The van der Waals surface area contributed by atoms with Crippen LogP contribution in [0.5, 0.6) is 5.75 Å². The minimum Gasteiger partial charge on any atom is -0.505 e. The molecule has 3 aliphatic carbocycles. The van der Waals surface area contributed by atoms with Gasteiger partial charge in [0.2, 0.25) is 0 Å². The highest BCUT2D eigenvalue weighted by Crippen LogP contribution is 2.65. The SMILES string of the molecule is CO[C@H]1C[C@@]2(C)[C@@H](CC[C@@]2(O)/C=C\I)[C@@H]2CCc3c(ccc(O)c3F)[C@H]21. The van der Waals surface area contributed by atoms with Crippen molar-refractivity contribution in [1.82, 2.24) is 0 Å². The van der Waals surface area contributed by atoms with Crippen LogP contribution in [-0.2, 0) is 11.2 Å². The van der Waals surface area contributed by atoms with E-state index in [0.717, 1.165) is 31.2 Å². The first-order valence-electron chi connectivity index (χ1n) is 9.39. The molecule has 2 saturated carbocycles. The number of rotatable bonds is 2. The third kappa shape index (κ3) is 2.42. The topological polar surface area (TPSA) is 49.7 Å². The summed E-state index contributed by atoms with van der Waals surface area (Å²) in [4.78, 5) is 0. The lowest BCUT2D eigenvalue weighted by molar-refractivity contribution is -0.120. The van der Waals surface area contributed by atoms with E-state index in [-0.39, 0.29) is 23.2 Å². The predicted molar refractivity (Wildman–Crippen MR) is 107 cm³/mol. The summed E-state index contributed by atoms with van der Waals surface area (Å²) in [5.41, 5.74) is 0.604. The molecular formula is C21H26FIO3. The molecule has 1 aromatic rings. The summed E-state index contributed by atoms with van der Waals surface area (Å²) in [6.07, 6.45) is 5.93. The average Bonchev–Trinajstić information content (AvgIpc) is 2.88. The zero-order valence-corrected chi connectivity index (χ0v) is 17.4. The molecule has 0 aliphatic heterocycles. The first kappa shape index (κ1) is 18.7. The van der Waals surface area contributed by atoms with E-state index in [1.165, 1.54) is 6.07 Å². The number of phenolic OH excluding ortho intramolecular Hbond substituents is 1. The monoisotopic (exact) mass is 472 g/mol. The molecule has 3 nitrogen and oxygen atoms in total. The number of hydrogen-bond acceptors (Lipinski definition) is 3. The van der Waals surface area contributed by atoms with Crippen molar-refractivity contribution in [2.45, 2.75) is 56.7 Å². The van der Waals surface area contributed by atoms with Crippen LogP contribution in [0.4, 0.5) is 4.39 Å². The second kappa shape index (κ2) is 6.45. The highest BCUT2D eigenvalue weighted by Gasteiger charge is 2.63. The van der Waals surface area contributed by atoms with Gasteiger partial charge >= 0.3 is 0 Å². The van der Waals surface area contributed by atoms with Crippen LogP contribution in [-0.4, -0.2) is 29.0 Å². The van der Waals surface area contributed by atoms with Crippen LogP contribution < -0.4 is 0 Å². The van der Waals surface area contributed by atoms with Gasteiger partial charge in [0.1, 0.15) is 0 Å². The number of hydrogen-bond donors (Lipinski definition) is 2. The molecule has 142 valence electrons. The van der Waals surface area contributed by atoms with E-state index in [0.29, 0.717) is 23.8 Å². The Morgan fingerprint density at radius 3 is 2.81 bits per heavy atom. The second-order valence-corrected chi connectivity index (χ2v) is 9.17. The van der Waals surface area contributed by atoms with Crippen molar-refractivity contribution < 1.29 is 19.3 Å². The predicted octanol–water partition coefficient (Wildman–Crippen LogP) is 4.69. The van der Waals surface area contributed by atoms with E-state index in [4.69, 9.17) is 4.74 Å². The Labute approximate surface area is 167 Å². The highest BCUT2D eigenvalue weighted by molar-refractivity contribution is 14.1. The number of phenols is 1. The lowest BCUT2D eigenvalue weighted by Crippen LogP contribution is -2.54. The van der Waals surface area contributed by atoms with Crippen molar-refractivity contribution in [2.75, 3.05) is 7.11 Å². The Morgan fingerprint density at radius 2 is 2.12 bits per heavy atom. The standard InChI is InChI=1S/C21H26FIO3/c1-20-11-17(26-2)18-12-5-6-16(24)19(22)13(12)3-4-14(18)15(20)7-8-21(20,25)9-10-23/h5-6,9-10,14-15,17-18,24-25H,3-4,7-8,11H2,1-2H3/b10-9-/t14-,15-,17-,18+,20-,21+/m0/s1. The summed E-state index contributed by atoms with van der Waals surface area (Å²) in [5, 5.41) is 21.2. The molecule has 6 atom stereocenters. The van der Waals surface area contributed by atoms with Crippen molar-refractivity contribution in [3.63, 3.8) is 0 Å². The molecule has 0 unspecified atom stereocenters. The quantitative estimate of drug-likeness (QED) is 0.615. The maximum absolute atomic E-state index is 14.5. The molecule has 0 saturated heterocycles. The maximum atomic E-state index is 14.5. The van der Waals surface area contributed by atoms with Crippen molar-refractivity contribution >= 4 is 22.6 Å². The summed E-state index contributed by atoms with van der Waals surface area (Å²) in [5.74, 6) is 0.148. The Hall–Kier alpha value is -0.660. The van der Waals surface area contributed by atoms with E-state index in [1.807, 2.05) is 16.2 Å². The van der Waals surface area contributed by atoms with Gasteiger partial charge in [0.05, 0.1) is 11.7 Å². The number of methoxy groups -OCH3 is 1. The Kier molecular flexibility index (Phi) is 4.64. The van der Waals surface area contributed by atoms with E-state index >= 15 is 0 Å². The van der Waals surface area contributed by atoms with Gasteiger partial charge in [-0.05, 0) is 71.3 Å². The average molecular weight is 472 g/mol. The molecule has 5 heteroatoms. The number of benzene rings is 1. The number of ether oxygens (including phenoxy) is 1. The molecule has 4 rings (SSSR count). The minimum atomic E-state index is -0.804. The third-order valence-corrected chi connectivity index (χ3v) is 7.99. The van der Waals surface area contributed by atoms with Crippen molar-refractivity contribution in [3.8, 4) is 5.75 Å². The molecule has 0 aromatic heterocycles. The summed E-state index contributed by atoms with van der Waals surface area (Å²) in [6, 6.07) is 3.35. The zero-order chi connectivity index (χ0) is 18.7. The minimum absolute atomic E-state index is 0.0588. The summed E-state index contributed by atoms with van der Waals surface area (Å²) >= 11 is 2.18. The molecule has 0 radical (unpaired) electrons. The summed E-state index contributed by atoms with van der Waals surface area (Å²) < 4.78 is 22.3. The van der Waals surface area contributed by atoms with Gasteiger partial charge in [-0.15, -0.1) is 0 Å². The number of aliphatic hydroxyl groups is 1. The molecule has 0 amide bonds. The maximum Gasteiger partial charge on any atom is 0.168 e. The summed E-state index contributed by atoms with van der Waals surface area (Å²) in [6.45, 7) is 2.20. The molecule has 3 aliphatic rings.